The maximum atomic E-state index is 10.4. The van der Waals surface area contributed by atoms with Gasteiger partial charge in [-0.25, -0.2) is 0 Å². The van der Waals surface area contributed by atoms with Gasteiger partial charge < -0.3 is 5.32 Å². The lowest BCUT2D eigenvalue weighted by Crippen LogP contribution is -2.26. The average molecular weight is 129 g/mol. The van der Waals surface area contributed by atoms with E-state index in [-0.39, 0.29) is 11.8 Å². The van der Waals surface area contributed by atoms with Gasteiger partial charge in [-0.2, -0.15) is 0 Å². The third kappa shape index (κ3) is 5.00. The van der Waals surface area contributed by atoms with Gasteiger partial charge in [0.15, 0.2) is 0 Å². The van der Waals surface area contributed by atoms with E-state index in [2.05, 4.69) is 5.32 Å². The zero-order valence-corrected chi connectivity index (χ0v) is 5.68. The van der Waals surface area contributed by atoms with E-state index in [0.717, 1.165) is 0 Å². The van der Waals surface area contributed by atoms with E-state index in [9.17, 15) is 9.59 Å². The van der Waals surface area contributed by atoms with Gasteiger partial charge in [-0.1, -0.05) is 0 Å². The first kappa shape index (κ1) is 8.14. The molecule has 0 fully saturated rings. The van der Waals surface area contributed by atoms with Crippen LogP contribution >= 0.6 is 0 Å². The second kappa shape index (κ2) is 4.06. The van der Waals surface area contributed by atoms with Crippen LogP contribution in [0.25, 0.3) is 0 Å². The van der Waals surface area contributed by atoms with Crippen molar-refractivity contribution in [2.75, 3.05) is 0 Å². The van der Waals surface area contributed by atoms with Crippen LogP contribution in [0, 0.1) is 0 Å². The summed E-state index contributed by atoms with van der Waals surface area (Å²) in [5.41, 5.74) is 0. The van der Waals surface area contributed by atoms with Crippen molar-refractivity contribution in [2.45, 2.75) is 26.3 Å². The van der Waals surface area contributed by atoms with E-state index in [1.54, 1.807) is 6.92 Å². The van der Waals surface area contributed by atoms with E-state index in [1.165, 1.54) is 6.92 Å². The number of carbonyl (C=O) groups excluding carboxylic acids is 2. The topological polar surface area (TPSA) is 46.2 Å². The molecule has 0 saturated heterocycles. The molecule has 1 amide bonds. The van der Waals surface area contributed by atoms with Crippen molar-refractivity contribution in [2.24, 2.45) is 0 Å². The number of hydrogen-bond acceptors (Lipinski definition) is 2. The molecule has 1 atom stereocenters. The quantitative estimate of drug-likeness (QED) is 0.547. The first-order valence-corrected chi connectivity index (χ1v) is 2.86. The normalized spacial score (nSPS) is 12.2. The zero-order valence-electron chi connectivity index (χ0n) is 5.68. The summed E-state index contributed by atoms with van der Waals surface area (Å²) in [7, 11) is 0. The van der Waals surface area contributed by atoms with Gasteiger partial charge in [0.25, 0.3) is 0 Å². The van der Waals surface area contributed by atoms with Crippen LogP contribution in [0.2, 0.25) is 0 Å². The maximum Gasteiger partial charge on any atom is 0.207 e. The zero-order chi connectivity index (χ0) is 7.28. The molecule has 0 aromatic carbocycles. The Bertz CT molecular complexity index is 112. The molecule has 9 heavy (non-hydrogen) atoms. The standard InChI is InChI=1S/C6H11NO2/c1-5(7-4-8)3-6(2)9/h4-5H,3H2,1-2H3,(H,7,8). The predicted molar refractivity (Wildman–Crippen MR) is 34.0 cm³/mol. The monoisotopic (exact) mass is 129 g/mol. The maximum absolute atomic E-state index is 10.4. The molecule has 0 saturated carbocycles. The molecule has 52 valence electrons. The van der Waals surface area contributed by atoms with Gasteiger partial charge in [-0.05, 0) is 13.8 Å². The smallest absolute Gasteiger partial charge is 0.207 e. The molecule has 1 unspecified atom stereocenters. The summed E-state index contributed by atoms with van der Waals surface area (Å²) >= 11 is 0. The summed E-state index contributed by atoms with van der Waals surface area (Å²) in [6.07, 6.45) is 1.02. The van der Waals surface area contributed by atoms with Gasteiger partial charge in [-0.3, -0.25) is 9.59 Å². The van der Waals surface area contributed by atoms with Gasteiger partial charge in [0.05, 0.1) is 0 Å². The highest BCUT2D eigenvalue weighted by Gasteiger charge is 2.01. The van der Waals surface area contributed by atoms with Gasteiger partial charge in [0.2, 0.25) is 6.41 Å². The number of ketones is 1. The number of rotatable bonds is 4. The molecule has 0 aliphatic rings. The SMILES string of the molecule is CC(=O)CC(C)NC=O. The van der Waals surface area contributed by atoms with Crippen molar-refractivity contribution < 1.29 is 9.59 Å². The van der Waals surface area contributed by atoms with Crippen LogP contribution in [0.15, 0.2) is 0 Å². The molecule has 0 aromatic rings. The van der Waals surface area contributed by atoms with Crippen molar-refractivity contribution in [3.05, 3.63) is 0 Å². The molecule has 3 nitrogen and oxygen atoms in total. The summed E-state index contributed by atoms with van der Waals surface area (Å²) in [6.45, 7) is 3.29. The number of carbonyl (C=O) groups is 2. The van der Waals surface area contributed by atoms with E-state index < -0.39 is 0 Å². The molecule has 0 rings (SSSR count). The van der Waals surface area contributed by atoms with Crippen molar-refractivity contribution >= 4 is 12.2 Å². The van der Waals surface area contributed by atoms with Crippen molar-refractivity contribution in [3.8, 4) is 0 Å². The Labute approximate surface area is 54.4 Å². The third-order valence-corrected chi connectivity index (χ3v) is 0.946. The minimum Gasteiger partial charge on any atom is -0.356 e. The fourth-order valence-corrected chi connectivity index (χ4v) is 0.606. The molecule has 0 bridgehead atoms. The van der Waals surface area contributed by atoms with Crippen molar-refractivity contribution in [3.63, 3.8) is 0 Å². The highest BCUT2D eigenvalue weighted by atomic mass is 16.1. The molecular formula is C6H11NO2. The Kier molecular flexibility index (Phi) is 3.67. The summed E-state index contributed by atoms with van der Waals surface area (Å²) < 4.78 is 0. The minimum absolute atomic E-state index is 0.0278. The Balaban J connectivity index is 3.37. The summed E-state index contributed by atoms with van der Waals surface area (Å²) in [5, 5.41) is 2.48. The van der Waals surface area contributed by atoms with Crippen LogP contribution in [-0.4, -0.2) is 18.2 Å². The number of Topliss-reactive ketones (excluding diaryl/α,β-unsaturated/α-hetero) is 1. The van der Waals surface area contributed by atoms with Crippen LogP contribution in [0.4, 0.5) is 0 Å². The van der Waals surface area contributed by atoms with Crippen molar-refractivity contribution in [1.82, 2.24) is 5.32 Å². The minimum atomic E-state index is -0.0278. The molecule has 0 radical (unpaired) electrons. The lowest BCUT2D eigenvalue weighted by atomic mass is 10.2. The van der Waals surface area contributed by atoms with Crippen LogP contribution in [0.1, 0.15) is 20.3 Å². The van der Waals surface area contributed by atoms with Crippen LogP contribution in [-0.2, 0) is 9.59 Å². The second-order valence-electron chi connectivity index (χ2n) is 2.09. The lowest BCUT2D eigenvalue weighted by Gasteiger charge is -2.05. The van der Waals surface area contributed by atoms with Crippen LogP contribution < -0.4 is 5.32 Å². The van der Waals surface area contributed by atoms with E-state index in [4.69, 9.17) is 0 Å². The molecule has 3 heteroatoms. The highest BCUT2D eigenvalue weighted by Crippen LogP contribution is 1.88. The van der Waals surface area contributed by atoms with Crippen molar-refractivity contribution in [1.29, 1.82) is 0 Å². The summed E-state index contributed by atoms with van der Waals surface area (Å²) in [5.74, 6) is 0.0943. The van der Waals surface area contributed by atoms with E-state index in [0.29, 0.717) is 12.8 Å². The average Bonchev–Trinajstić information content (AvgIpc) is 1.63. The first-order valence-electron chi connectivity index (χ1n) is 2.86. The first-order chi connectivity index (χ1) is 4.16. The lowest BCUT2D eigenvalue weighted by molar-refractivity contribution is -0.117. The van der Waals surface area contributed by atoms with E-state index in [1.807, 2.05) is 0 Å². The third-order valence-electron chi connectivity index (χ3n) is 0.946. The Morgan fingerprint density at radius 3 is 2.67 bits per heavy atom. The van der Waals surface area contributed by atoms with Gasteiger partial charge >= 0.3 is 0 Å². The molecule has 0 aromatic heterocycles. The Morgan fingerprint density at radius 1 is 1.78 bits per heavy atom. The molecule has 0 aliphatic heterocycles. The van der Waals surface area contributed by atoms with Gasteiger partial charge in [0.1, 0.15) is 5.78 Å². The molecule has 0 heterocycles. The number of amides is 1. The van der Waals surface area contributed by atoms with Crippen LogP contribution in [0.5, 0.6) is 0 Å². The molecule has 1 N–H and O–H groups in total. The Morgan fingerprint density at radius 2 is 2.33 bits per heavy atom. The largest absolute Gasteiger partial charge is 0.356 e. The number of nitrogens with one attached hydrogen (secondary N) is 1. The fourth-order valence-electron chi connectivity index (χ4n) is 0.606. The second-order valence-corrected chi connectivity index (χ2v) is 2.09. The summed E-state index contributed by atoms with van der Waals surface area (Å²) in [6, 6.07) is -0.0278. The molecule has 0 spiro atoms. The van der Waals surface area contributed by atoms with E-state index >= 15 is 0 Å². The molecular weight excluding hydrogens is 118 g/mol. The molecule has 0 aliphatic carbocycles. The number of hydrogen-bond donors (Lipinski definition) is 1. The van der Waals surface area contributed by atoms with Gasteiger partial charge in [-0.15, -0.1) is 0 Å². The Hall–Kier alpha value is -0.860. The fraction of sp³-hybridized carbons (Fsp3) is 0.667. The predicted octanol–water partition coefficient (Wildman–Crippen LogP) is 0.1000. The van der Waals surface area contributed by atoms with Crippen LogP contribution in [0.3, 0.4) is 0 Å². The van der Waals surface area contributed by atoms with Gasteiger partial charge in [0, 0.05) is 12.5 Å². The highest BCUT2D eigenvalue weighted by molar-refractivity contribution is 5.76. The summed E-state index contributed by atoms with van der Waals surface area (Å²) in [4.78, 5) is 20.1.